The first-order valence-corrected chi connectivity index (χ1v) is 8.62. The Bertz CT molecular complexity index is 499. The van der Waals surface area contributed by atoms with E-state index in [9.17, 15) is 13.2 Å². The molecule has 0 amide bonds. The number of rotatable bonds is 6. The minimum atomic E-state index is -4.36. The molecular weight excluding hydrogens is 325 g/mol. The summed E-state index contributed by atoms with van der Waals surface area (Å²) < 4.78 is 39.2. The lowest BCUT2D eigenvalue weighted by molar-refractivity contribution is -0.137. The molecule has 1 fully saturated rings. The van der Waals surface area contributed by atoms with Crippen molar-refractivity contribution >= 4 is 11.6 Å². The van der Waals surface area contributed by atoms with Gasteiger partial charge in [-0.2, -0.15) is 13.2 Å². The van der Waals surface area contributed by atoms with E-state index in [1.54, 1.807) is 6.07 Å². The Hall–Kier alpha value is -0.780. The summed E-state index contributed by atoms with van der Waals surface area (Å²) in [5.41, 5.74) is 0.0263. The van der Waals surface area contributed by atoms with Crippen molar-refractivity contribution in [2.75, 3.05) is 26.2 Å². The van der Waals surface area contributed by atoms with E-state index in [2.05, 4.69) is 17.1 Å². The van der Waals surface area contributed by atoms with Crippen LogP contribution in [-0.2, 0) is 6.18 Å². The van der Waals surface area contributed by atoms with E-state index in [1.807, 2.05) is 0 Å². The molecule has 23 heavy (non-hydrogen) atoms. The van der Waals surface area contributed by atoms with Crippen LogP contribution in [0.2, 0.25) is 5.02 Å². The zero-order valence-corrected chi connectivity index (χ0v) is 14.2. The third-order valence-corrected chi connectivity index (χ3v) is 4.52. The smallest absolute Gasteiger partial charge is 0.314 e. The molecule has 2 rings (SSSR count). The zero-order valence-electron chi connectivity index (χ0n) is 13.4. The van der Waals surface area contributed by atoms with Crippen LogP contribution in [0, 0.1) is 0 Å². The van der Waals surface area contributed by atoms with Gasteiger partial charge in [-0.25, -0.2) is 0 Å². The summed E-state index contributed by atoms with van der Waals surface area (Å²) in [6.07, 6.45) is -0.297. The number of nitrogens with zero attached hydrogens (tertiary/aromatic N) is 1. The molecule has 1 aromatic rings. The third kappa shape index (κ3) is 5.37. The zero-order chi connectivity index (χ0) is 16.9. The van der Waals surface area contributed by atoms with Crippen molar-refractivity contribution in [3.05, 3.63) is 34.3 Å². The van der Waals surface area contributed by atoms with Crippen molar-refractivity contribution in [1.82, 2.24) is 10.2 Å². The highest BCUT2D eigenvalue weighted by Crippen LogP contribution is 2.36. The average molecular weight is 349 g/mol. The van der Waals surface area contributed by atoms with Crippen LogP contribution in [0.4, 0.5) is 13.2 Å². The van der Waals surface area contributed by atoms with Gasteiger partial charge in [-0.3, -0.25) is 4.90 Å². The first-order chi connectivity index (χ1) is 10.9. The first-order valence-electron chi connectivity index (χ1n) is 8.24. The van der Waals surface area contributed by atoms with Gasteiger partial charge in [0.2, 0.25) is 0 Å². The highest BCUT2D eigenvalue weighted by Gasteiger charge is 2.32. The standard InChI is InChI=1S/C17H24ClF3N2/c1-2-3-4-5-16(23-8-6-22-7-9-23)13-10-14(17(19,20)21)12-15(18)11-13/h10-12,16,22H,2-9H2,1H3/t16-/m0/s1. The molecule has 1 aliphatic heterocycles. The Morgan fingerprint density at radius 2 is 1.87 bits per heavy atom. The van der Waals surface area contributed by atoms with Crippen LogP contribution in [0.15, 0.2) is 18.2 Å². The van der Waals surface area contributed by atoms with Gasteiger partial charge in [0.25, 0.3) is 0 Å². The summed E-state index contributed by atoms with van der Waals surface area (Å²) in [4.78, 5) is 2.28. The Morgan fingerprint density at radius 1 is 1.17 bits per heavy atom. The fourth-order valence-corrected chi connectivity index (χ4v) is 3.35. The predicted octanol–water partition coefficient (Wildman–Crippen LogP) is 4.89. The lowest BCUT2D eigenvalue weighted by Crippen LogP contribution is -2.45. The topological polar surface area (TPSA) is 15.3 Å². The van der Waals surface area contributed by atoms with Crippen molar-refractivity contribution in [3.63, 3.8) is 0 Å². The molecular formula is C17H24ClF3N2. The minimum Gasteiger partial charge on any atom is -0.314 e. The summed E-state index contributed by atoms with van der Waals surface area (Å²) in [7, 11) is 0. The van der Waals surface area contributed by atoms with E-state index >= 15 is 0 Å². The Morgan fingerprint density at radius 3 is 2.48 bits per heavy atom. The molecule has 6 heteroatoms. The quantitative estimate of drug-likeness (QED) is 0.737. The molecule has 130 valence electrons. The number of piperazine rings is 1. The van der Waals surface area contributed by atoms with Gasteiger partial charge in [-0.05, 0) is 30.2 Å². The fourth-order valence-electron chi connectivity index (χ4n) is 3.11. The van der Waals surface area contributed by atoms with Crippen molar-refractivity contribution in [2.45, 2.75) is 44.8 Å². The van der Waals surface area contributed by atoms with E-state index in [4.69, 9.17) is 11.6 Å². The van der Waals surface area contributed by atoms with E-state index in [1.165, 1.54) is 6.07 Å². The summed E-state index contributed by atoms with van der Waals surface area (Å²) in [6.45, 7) is 5.57. The van der Waals surface area contributed by atoms with Gasteiger partial charge in [0.1, 0.15) is 0 Å². The maximum atomic E-state index is 13.1. The molecule has 2 nitrogen and oxygen atoms in total. The molecule has 1 saturated heterocycles. The first kappa shape index (κ1) is 18.6. The number of hydrogen-bond donors (Lipinski definition) is 1. The SMILES string of the molecule is CCCCC[C@@H](c1cc(Cl)cc(C(F)(F)F)c1)N1CCNCC1. The largest absolute Gasteiger partial charge is 0.416 e. The van der Waals surface area contributed by atoms with E-state index in [0.717, 1.165) is 57.9 Å². The van der Waals surface area contributed by atoms with Crippen molar-refractivity contribution < 1.29 is 13.2 Å². The van der Waals surface area contributed by atoms with E-state index in [-0.39, 0.29) is 11.1 Å². The normalized spacial score (nSPS) is 18.1. The number of benzene rings is 1. The summed E-state index contributed by atoms with van der Waals surface area (Å²) in [5, 5.41) is 3.45. The second-order valence-corrected chi connectivity index (χ2v) is 6.50. The summed E-state index contributed by atoms with van der Waals surface area (Å²) in [5.74, 6) is 0. The highest BCUT2D eigenvalue weighted by molar-refractivity contribution is 6.30. The van der Waals surface area contributed by atoms with Gasteiger partial charge >= 0.3 is 6.18 Å². The average Bonchev–Trinajstić information content (AvgIpc) is 2.51. The monoisotopic (exact) mass is 348 g/mol. The maximum Gasteiger partial charge on any atom is 0.416 e. The third-order valence-electron chi connectivity index (χ3n) is 4.31. The summed E-state index contributed by atoms with van der Waals surface area (Å²) >= 11 is 5.97. The number of alkyl halides is 3. The van der Waals surface area contributed by atoms with Crippen molar-refractivity contribution in [2.24, 2.45) is 0 Å². The number of halogens is 4. The molecule has 1 atom stereocenters. The van der Waals surface area contributed by atoms with Crippen LogP contribution >= 0.6 is 11.6 Å². The van der Waals surface area contributed by atoms with Crippen LogP contribution in [0.1, 0.15) is 49.8 Å². The Labute approximate surface area is 141 Å². The van der Waals surface area contributed by atoms with Crippen LogP contribution in [0.5, 0.6) is 0 Å². The molecule has 0 unspecified atom stereocenters. The van der Waals surface area contributed by atoms with Gasteiger partial charge in [0, 0.05) is 37.2 Å². The van der Waals surface area contributed by atoms with Crippen LogP contribution in [-0.4, -0.2) is 31.1 Å². The van der Waals surface area contributed by atoms with Crippen molar-refractivity contribution in [3.8, 4) is 0 Å². The van der Waals surface area contributed by atoms with Gasteiger partial charge in [0.05, 0.1) is 5.56 Å². The molecule has 0 spiro atoms. The van der Waals surface area contributed by atoms with E-state index < -0.39 is 11.7 Å². The van der Waals surface area contributed by atoms with Crippen LogP contribution in [0.25, 0.3) is 0 Å². The van der Waals surface area contributed by atoms with E-state index in [0.29, 0.717) is 5.56 Å². The second-order valence-electron chi connectivity index (χ2n) is 6.07. The van der Waals surface area contributed by atoms with Crippen LogP contribution < -0.4 is 5.32 Å². The minimum absolute atomic E-state index is 0.00319. The molecule has 0 bridgehead atoms. The second kappa shape index (κ2) is 8.36. The molecule has 1 N–H and O–H groups in total. The molecule has 1 heterocycles. The van der Waals surface area contributed by atoms with Gasteiger partial charge in [-0.15, -0.1) is 0 Å². The molecule has 0 aromatic heterocycles. The van der Waals surface area contributed by atoms with Gasteiger partial charge in [0.15, 0.2) is 0 Å². The maximum absolute atomic E-state index is 13.1. The molecule has 0 radical (unpaired) electrons. The molecule has 0 saturated carbocycles. The van der Waals surface area contributed by atoms with Crippen LogP contribution in [0.3, 0.4) is 0 Å². The molecule has 0 aliphatic carbocycles. The summed E-state index contributed by atoms with van der Waals surface area (Å²) in [6, 6.07) is 3.97. The number of unbranched alkanes of at least 4 members (excludes halogenated alkanes) is 2. The van der Waals surface area contributed by atoms with Crippen molar-refractivity contribution in [1.29, 1.82) is 0 Å². The predicted molar refractivity (Wildman–Crippen MR) is 87.8 cm³/mol. The lowest BCUT2D eigenvalue weighted by Gasteiger charge is -2.35. The lowest BCUT2D eigenvalue weighted by atomic mass is 9.96. The Balaban J connectivity index is 2.27. The fraction of sp³-hybridized carbons (Fsp3) is 0.647. The number of nitrogens with one attached hydrogen (secondary N) is 1. The molecule has 1 aromatic carbocycles. The van der Waals surface area contributed by atoms with Gasteiger partial charge < -0.3 is 5.32 Å². The Kier molecular flexibility index (Phi) is 6.74. The highest BCUT2D eigenvalue weighted by atomic mass is 35.5. The molecule has 1 aliphatic rings. The van der Waals surface area contributed by atoms with Gasteiger partial charge in [-0.1, -0.05) is 37.8 Å². The number of hydrogen-bond acceptors (Lipinski definition) is 2.